The Labute approximate surface area is 128 Å². The van der Waals surface area contributed by atoms with E-state index in [0.717, 1.165) is 22.6 Å². The van der Waals surface area contributed by atoms with Crippen LogP contribution in [0.3, 0.4) is 0 Å². The van der Waals surface area contributed by atoms with E-state index in [1.807, 2.05) is 0 Å². The van der Waals surface area contributed by atoms with E-state index >= 15 is 0 Å². The Kier molecular flexibility index (Phi) is 6.15. The van der Waals surface area contributed by atoms with Gasteiger partial charge in [-0.15, -0.1) is 0 Å². The largest absolute Gasteiger partial charge is 0.462 e. The first-order chi connectivity index (χ1) is 9.41. The molecule has 0 aliphatic heterocycles. The Morgan fingerprint density at radius 3 is 1.55 bits per heavy atom. The molecule has 0 saturated heterocycles. The maximum Gasteiger partial charge on any atom is 0.462 e. The van der Waals surface area contributed by atoms with Crippen LogP contribution in [0.25, 0.3) is 0 Å². The molecule has 132 valence electrons. The van der Waals surface area contributed by atoms with Gasteiger partial charge in [-0.25, -0.2) is 0 Å². The smallest absolute Gasteiger partial charge is 0.391 e. The lowest BCUT2D eigenvalue weighted by Crippen LogP contribution is -2.58. The quantitative estimate of drug-likeness (QED) is 0.481. The summed E-state index contributed by atoms with van der Waals surface area (Å²) in [7, 11) is 0. The number of ether oxygens (including phenoxy) is 1. The zero-order valence-electron chi connectivity index (χ0n) is 9.68. The lowest BCUT2D eigenvalue weighted by molar-refractivity contribution is -0.473. The van der Waals surface area contributed by atoms with E-state index in [4.69, 9.17) is 5.11 Å². The minimum absolute atomic E-state index is 0.796. The van der Waals surface area contributed by atoms with Gasteiger partial charge >= 0.3 is 30.2 Å². The molecule has 0 aliphatic carbocycles. The van der Waals surface area contributed by atoms with Gasteiger partial charge in [0.25, 0.3) is 0 Å². The summed E-state index contributed by atoms with van der Waals surface area (Å²) in [6, 6.07) is 0. The number of halogens is 12. The van der Waals surface area contributed by atoms with E-state index in [9.17, 15) is 48.3 Å². The van der Waals surface area contributed by atoms with Gasteiger partial charge in [0.15, 0.2) is 0 Å². The van der Waals surface area contributed by atoms with Crippen LogP contribution in [0, 0.1) is 0 Å². The predicted octanol–water partition coefficient (Wildman–Crippen LogP) is 4.33. The van der Waals surface area contributed by atoms with Gasteiger partial charge in [-0.3, -0.25) is 4.74 Å². The molecule has 0 aromatic carbocycles. The van der Waals surface area contributed by atoms with Gasteiger partial charge in [0.05, 0.1) is 6.61 Å². The van der Waals surface area contributed by atoms with Crippen molar-refractivity contribution in [3.8, 4) is 0 Å². The number of aliphatic hydroxyl groups is 1. The number of alkyl halides is 11. The standard InChI is InChI=1S/C8H4F11IO2/c9-4(6(12,13)14,1-3(20)2-21)22-8(18,19)5(10,11)7(15,16)17/h1,21H,2H2/b3-1+/t4-/m0/s1. The molecule has 0 rings (SSSR count). The van der Waals surface area contributed by atoms with E-state index < -0.39 is 46.5 Å². The van der Waals surface area contributed by atoms with Crippen LogP contribution in [0.2, 0.25) is 0 Å². The normalized spacial score (nSPS) is 18.3. The Hall–Kier alpha value is -0.380. The monoisotopic (exact) mass is 468 g/mol. The van der Waals surface area contributed by atoms with Crippen molar-refractivity contribution in [3.05, 3.63) is 9.66 Å². The van der Waals surface area contributed by atoms with Crippen LogP contribution < -0.4 is 0 Å². The first-order valence-electron chi connectivity index (χ1n) is 4.67. The zero-order valence-corrected chi connectivity index (χ0v) is 11.8. The molecule has 22 heavy (non-hydrogen) atoms. The highest BCUT2D eigenvalue weighted by Crippen LogP contribution is 2.51. The highest BCUT2D eigenvalue weighted by molar-refractivity contribution is 14.1. The second-order valence-electron chi connectivity index (χ2n) is 3.58. The van der Waals surface area contributed by atoms with Crippen molar-refractivity contribution in [3.63, 3.8) is 0 Å². The Morgan fingerprint density at radius 1 is 0.864 bits per heavy atom. The Morgan fingerprint density at radius 2 is 1.27 bits per heavy atom. The summed E-state index contributed by atoms with van der Waals surface area (Å²) in [6.07, 6.45) is -21.2. The van der Waals surface area contributed by atoms with Crippen molar-refractivity contribution < 1.29 is 58.1 Å². The third-order valence-corrected chi connectivity index (χ3v) is 2.53. The third kappa shape index (κ3) is 4.33. The van der Waals surface area contributed by atoms with Crippen LogP contribution in [0.15, 0.2) is 9.66 Å². The molecule has 0 bridgehead atoms. The van der Waals surface area contributed by atoms with Crippen LogP contribution in [-0.2, 0) is 4.74 Å². The minimum atomic E-state index is -7.10. The van der Waals surface area contributed by atoms with Crippen LogP contribution in [-0.4, -0.2) is 42.0 Å². The van der Waals surface area contributed by atoms with E-state index in [0.29, 0.717) is 0 Å². The van der Waals surface area contributed by atoms with Crippen LogP contribution in [0.4, 0.5) is 48.3 Å². The molecule has 1 N–H and O–H groups in total. The molecule has 0 unspecified atom stereocenters. The second-order valence-corrected chi connectivity index (χ2v) is 4.97. The van der Waals surface area contributed by atoms with E-state index in [-0.39, 0.29) is 0 Å². The average Bonchev–Trinajstić information content (AvgIpc) is 2.24. The molecule has 0 saturated carbocycles. The first kappa shape index (κ1) is 21.6. The summed E-state index contributed by atoms with van der Waals surface area (Å²) in [5, 5.41) is 8.37. The predicted molar refractivity (Wildman–Crippen MR) is 56.1 cm³/mol. The maximum absolute atomic E-state index is 13.4. The Bertz CT molecular complexity index is 427. The minimum Gasteiger partial charge on any atom is -0.391 e. The number of aliphatic hydroxyl groups excluding tert-OH is 1. The fourth-order valence-electron chi connectivity index (χ4n) is 0.832. The number of hydrogen-bond donors (Lipinski definition) is 1. The summed E-state index contributed by atoms with van der Waals surface area (Å²) in [6.45, 7) is -1.34. The van der Waals surface area contributed by atoms with Gasteiger partial charge in [-0.05, 0) is 22.6 Å². The van der Waals surface area contributed by atoms with Crippen molar-refractivity contribution in [1.82, 2.24) is 0 Å². The third-order valence-electron chi connectivity index (χ3n) is 1.88. The van der Waals surface area contributed by atoms with Crippen molar-refractivity contribution in [1.29, 1.82) is 0 Å². The molecule has 1 atom stereocenters. The molecule has 0 spiro atoms. The van der Waals surface area contributed by atoms with Gasteiger partial charge < -0.3 is 5.11 Å². The fraction of sp³-hybridized carbons (Fsp3) is 0.750. The molecule has 0 heterocycles. The van der Waals surface area contributed by atoms with Crippen LogP contribution in [0.5, 0.6) is 0 Å². The lowest BCUT2D eigenvalue weighted by Gasteiger charge is -2.33. The highest BCUT2D eigenvalue weighted by Gasteiger charge is 2.78. The number of hydrogen-bond acceptors (Lipinski definition) is 2. The molecule has 0 aromatic rings. The molecule has 0 aliphatic rings. The second kappa shape index (κ2) is 6.26. The molecule has 0 fully saturated rings. The summed E-state index contributed by atoms with van der Waals surface area (Å²) in [4.78, 5) is 0. The van der Waals surface area contributed by atoms with Crippen molar-refractivity contribution in [2.24, 2.45) is 0 Å². The molecule has 2 nitrogen and oxygen atoms in total. The van der Waals surface area contributed by atoms with E-state index in [1.54, 1.807) is 0 Å². The first-order valence-corrected chi connectivity index (χ1v) is 5.75. The number of rotatable bonds is 5. The lowest BCUT2D eigenvalue weighted by atomic mass is 10.2. The van der Waals surface area contributed by atoms with Gasteiger partial charge in [-0.1, -0.05) is 0 Å². The fourth-order valence-corrected chi connectivity index (χ4v) is 1.23. The molecule has 0 radical (unpaired) electrons. The molecule has 14 heteroatoms. The summed E-state index contributed by atoms with van der Waals surface area (Å²) in [5.41, 5.74) is 0. The van der Waals surface area contributed by atoms with Gasteiger partial charge in [0.2, 0.25) is 0 Å². The molecular weight excluding hydrogens is 464 g/mol. The Balaban J connectivity index is 5.88. The maximum atomic E-state index is 13.4. The van der Waals surface area contributed by atoms with Gasteiger partial charge in [0.1, 0.15) is 0 Å². The molecular formula is C8H4F11IO2. The SMILES string of the molecule is OC/C(I)=C\[C@](F)(OC(F)(F)C(F)(F)C(F)(F)F)C(F)(F)F. The van der Waals surface area contributed by atoms with Crippen molar-refractivity contribution in [2.45, 2.75) is 30.2 Å². The zero-order chi connectivity index (χ0) is 18.2. The summed E-state index contributed by atoms with van der Waals surface area (Å²) in [5.74, 6) is -12.8. The average molecular weight is 468 g/mol. The van der Waals surface area contributed by atoms with Gasteiger partial charge in [0, 0.05) is 9.66 Å². The van der Waals surface area contributed by atoms with Crippen LogP contribution in [0.1, 0.15) is 0 Å². The van der Waals surface area contributed by atoms with Crippen LogP contribution >= 0.6 is 22.6 Å². The summed E-state index contributed by atoms with van der Waals surface area (Å²) < 4.78 is 137. The summed E-state index contributed by atoms with van der Waals surface area (Å²) >= 11 is 0.796. The highest BCUT2D eigenvalue weighted by atomic mass is 127. The van der Waals surface area contributed by atoms with E-state index in [1.165, 1.54) is 0 Å². The van der Waals surface area contributed by atoms with Crippen molar-refractivity contribution in [2.75, 3.05) is 6.61 Å². The molecule has 0 amide bonds. The van der Waals surface area contributed by atoms with Crippen molar-refractivity contribution >= 4 is 22.6 Å². The van der Waals surface area contributed by atoms with Gasteiger partial charge in [-0.2, -0.15) is 48.3 Å². The topological polar surface area (TPSA) is 29.5 Å². The molecule has 0 aromatic heterocycles. The van der Waals surface area contributed by atoms with E-state index in [2.05, 4.69) is 4.74 Å².